The van der Waals surface area contributed by atoms with E-state index in [-0.39, 0.29) is 32.7 Å². The fraction of sp³-hybridized carbons (Fsp3) is 0.609. The van der Waals surface area contributed by atoms with Gasteiger partial charge in [0.25, 0.3) is 6.29 Å². The molecule has 0 aromatic carbocycles. The lowest BCUT2D eigenvalue weighted by atomic mass is 10.0. The number of unbranched alkanes of at least 4 members (excludes halogenated alkanes) is 13. The molecule has 2 unspecified atom stereocenters. The second-order valence-electron chi connectivity index (χ2n) is 19.5. The van der Waals surface area contributed by atoms with Crippen LogP contribution in [0.25, 0.3) is 0 Å². The average molecular weight is 1020 g/mol. The number of aliphatic carboxylic acids is 1. The monoisotopic (exact) mass is 1010 g/mol. The largest absolute Gasteiger partial charge is 0.477 e. The van der Waals surface area contributed by atoms with E-state index < -0.39 is 30.3 Å². The fourth-order valence-corrected chi connectivity index (χ4v) is 7.10. The molecular formula is C64H104NO8+. The highest BCUT2D eigenvalue weighted by Crippen LogP contribution is 2.14. The topological polar surface area (TPSA) is 108 Å². The Bertz CT molecular complexity index is 1650. The number of rotatable bonds is 50. The van der Waals surface area contributed by atoms with Gasteiger partial charge in [0.15, 0.2) is 6.10 Å². The van der Waals surface area contributed by atoms with Crippen LogP contribution in [0, 0.1) is 0 Å². The van der Waals surface area contributed by atoms with Gasteiger partial charge >= 0.3 is 17.9 Å². The average Bonchev–Trinajstić information content (AvgIpc) is 3.36. The van der Waals surface area contributed by atoms with E-state index in [1.165, 1.54) is 44.9 Å². The van der Waals surface area contributed by atoms with Gasteiger partial charge in [-0.1, -0.05) is 205 Å². The summed E-state index contributed by atoms with van der Waals surface area (Å²) >= 11 is 0. The Morgan fingerprint density at radius 2 is 0.740 bits per heavy atom. The highest BCUT2D eigenvalue weighted by atomic mass is 16.7. The number of carbonyl (C=O) groups excluding carboxylic acids is 2. The third-order valence-electron chi connectivity index (χ3n) is 11.4. The molecule has 73 heavy (non-hydrogen) atoms. The highest BCUT2D eigenvalue weighted by Gasteiger charge is 2.25. The molecule has 0 amide bonds. The molecule has 0 aliphatic rings. The van der Waals surface area contributed by atoms with Gasteiger partial charge in [-0.15, -0.1) is 0 Å². The van der Waals surface area contributed by atoms with Crippen molar-refractivity contribution in [1.29, 1.82) is 0 Å². The number of quaternary nitrogens is 1. The van der Waals surface area contributed by atoms with Crippen LogP contribution in [-0.4, -0.2) is 87.4 Å². The van der Waals surface area contributed by atoms with Crippen LogP contribution in [0.4, 0.5) is 0 Å². The van der Waals surface area contributed by atoms with Gasteiger partial charge in [-0.2, -0.15) is 0 Å². The number of ether oxygens (including phenoxy) is 4. The maximum absolute atomic E-state index is 12.9. The first-order valence-electron chi connectivity index (χ1n) is 28.3. The third-order valence-corrected chi connectivity index (χ3v) is 11.4. The summed E-state index contributed by atoms with van der Waals surface area (Å²) in [6, 6.07) is 0. The first-order chi connectivity index (χ1) is 35.6. The number of allylic oxidation sites excluding steroid dienone is 22. The van der Waals surface area contributed by atoms with E-state index in [0.717, 1.165) is 109 Å². The van der Waals surface area contributed by atoms with Crippen molar-refractivity contribution in [3.63, 3.8) is 0 Å². The molecule has 0 aliphatic heterocycles. The van der Waals surface area contributed by atoms with Gasteiger partial charge in [0.05, 0.1) is 34.4 Å². The predicted molar refractivity (Wildman–Crippen MR) is 308 cm³/mol. The zero-order valence-corrected chi connectivity index (χ0v) is 46.7. The number of hydrogen-bond donors (Lipinski definition) is 1. The lowest BCUT2D eigenvalue weighted by Crippen LogP contribution is -2.40. The first-order valence-corrected chi connectivity index (χ1v) is 28.3. The van der Waals surface area contributed by atoms with E-state index in [2.05, 4.69) is 148 Å². The lowest BCUT2D eigenvalue weighted by molar-refractivity contribution is -0.870. The molecule has 412 valence electrons. The van der Waals surface area contributed by atoms with Crippen molar-refractivity contribution in [2.75, 3.05) is 47.5 Å². The van der Waals surface area contributed by atoms with Crippen LogP contribution in [0.2, 0.25) is 0 Å². The molecule has 1 N–H and O–H groups in total. The molecule has 0 heterocycles. The normalized spacial score (nSPS) is 13.8. The Kier molecular flexibility index (Phi) is 50.4. The van der Waals surface area contributed by atoms with E-state index in [9.17, 15) is 19.5 Å². The van der Waals surface area contributed by atoms with E-state index >= 15 is 0 Å². The molecule has 2 atom stereocenters. The minimum Gasteiger partial charge on any atom is -0.477 e. The molecule has 9 nitrogen and oxygen atoms in total. The smallest absolute Gasteiger partial charge is 0.361 e. The summed E-state index contributed by atoms with van der Waals surface area (Å²) in [6.07, 6.45) is 73.9. The third kappa shape index (κ3) is 55.0. The van der Waals surface area contributed by atoms with Crippen LogP contribution in [0.3, 0.4) is 0 Å². The number of carboxylic acid groups (broad SMARTS) is 1. The summed E-state index contributed by atoms with van der Waals surface area (Å²) in [5.41, 5.74) is 0. The Balaban J connectivity index is 4.25. The standard InChI is InChI=1S/C64H103NO8/c1-6-8-10-12-14-16-18-20-22-23-24-25-26-27-28-29-30-31-32-33-34-35-36-37-38-39-41-43-45-47-49-51-53-55-62(67)73-60(59-72-64(63(68)69)70-57-56-65(3,4)5)58-71-61(66)54-52-50-48-46-44-42-40-21-19-17-15-13-11-9-7-2/h8-11,14-17,20-22,24-25,27-28,30-31,33-34,40,44,46,60,64H,6-7,12-13,18-19,23,26,29,32,35-39,41-43,45,47-59H2,1-5H3/p+1/b10-8-,11-9-,16-14-,17-15-,22-20-,25-24-,28-27-,31-30-,34-33-,40-21-,46-44-. The number of carbonyl (C=O) groups is 3. The molecule has 0 rings (SSSR count). The molecule has 0 aromatic rings. The van der Waals surface area contributed by atoms with Crippen molar-refractivity contribution < 1.29 is 42.9 Å². The summed E-state index contributed by atoms with van der Waals surface area (Å²) in [4.78, 5) is 37.3. The van der Waals surface area contributed by atoms with Crippen molar-refractivity contribution in [3.8, 4) is 0 Å². The van der Waals surface area contributed by atoms with Gasteiger partial charge in [-0.3, -0.25) is 9.59 Å². The first kappa shape index (κ1) is 68.4. The number of carboxylic acids is 1. The zero-order valence-electron chi connectivity index (χ0n) is 46.7. The molecule has 0 saturated heterocycles. The summed E-state index contributed by atoms with van der Waals surface area (Å²) in [7, 11) is 5.94. The second-order valence-corrected chi connectivity index (χ2v) is 19.5. The number of likely N-dealkylation sites (N-methyl/N-ethyl adjacent to an activating group) is 1. The fourth-order valence-electron chi connectivity index (χ4n) is 7.10. The summed E-state index contributed by atoms with van der Waals surface area (Å²) in [5, 5.41) is 9.69. The highest BCUT2D eigenvalue weighted by molar-refractivity contribution is 5.71. The van der Waals surface area contributed by atoms with Crippen LogP contribution < -0.4 is 0 Å². The van der Waals surface area contributed by atoms with E-state index in [0.29, 0.717) is 23.9 Å². The minimum absolute atomic E-state index is 0.173. The van der Waals surface area contributed by atoms with Crippen molar-refractivity contribution in [3.05, 3.63) is 134 Å². The van der Waals surface area contributed by atoms with Gasteiger partial charge in [0.1, 0.15) is 13.2 Å². The number of nitrogens with zero attached hydrogens (tertiary/aromatic N) is 1. The van der Waals surface area contributed by atoms with Crippen LogP contribution in [0.1, 0.15) is 194 Å². The molecule has 0 bridgehead atoms. The molecule has 0 aromatic heterocycles. The Hall–Kier alpha value is -4.57. The van der Waals surface area contributed by atoms with E-state index in [4.69, 9.17) is 18.9 Å². The van der Waals surface area contributed by atoms with Gasteiger partial charge < -0.3 is 28.5 Å². The molecule has 0 aliphatic carbocycles. The molecule has 0 saturated carbocycles. The molecule has 0 fully saturated rings. The van der Waals surface area contributed by atoms with E-state index in [1.807, 2.05) is 21.1 Å². The van der Waals surface area contributed by atoms with Crippen LogP contribution in [-0.2, 0) is 33.3 Å². The van der Waals surface area contributed by atoms with Crippen molar-refractivity contribution in [2.45, 2.75) is 206 Å². The number of hydrogen-bond acceptors (Lipinski definition) is 7. The van der Waals surface area contributed by atoms with E-state index in [1.54, 1.807) is 0 Å². The van der Waals surface area contributed by atoms with Crippen molar-refractivity contribution >= 4 is 17.9 Å². The van der Waals surface area contributed by atoms with Gasteiger partial charge in [-0.25, -0.2) is 4.79 Å². The van der Waals surface area contributed by atoms with Gasteiger partial charge in [0.2, 0.25) is 0 Å². The Morgan fingerprint density at radius 1 is 0.411 bits per heavy atom. The SMILES string of the molecule is CC/C=C\C/C=C\C/C=C\C/C=C\C/C=C\C/C=C\C/C=C\CCCCCCCCCCCCCC(=O)OC(COC(=O)CCCC/C=C\C/C=C\C/C=C\C/C=C\CC)COC(OCC[N+](C)(C)C)C(=O)O. The van der Waals surface area contributed by atoms with Crippen LogP contribution >= 0.6 is 0 Å². The number of esters is 2. The predicted octanol–water partition coefficient (Wildman–Crippen LogP) is 16.7. The lowest BCUT2D eigenvalue weighted by Gasteiger charge is -2.25. The Morgan fingerprint density at radius 3 is 1.12 bits per heavy atom. The summed E-state index contributed by atoms with van der Waals surface area (Å²) in [6.45, 7) is 4.57. The van der Waals surface area contributed by atoms with Crippen molar-refractivity contribution in [1.82, 2.24) is 0 Å². The van der Waals surface area contributed by atoms with Gasteiger partial charge in [0, 0.05) is 12.8 Å². The maximum Gasteiger partial charge on any atom is 0.361 e. The molecule has 0 spiro atoms. The van der Waals surface area contributed by atoms with Crippen LogP contribution in [0.5, 0.6) is 0 Å². The summed E-state index contributed by atoms with van der Waals surface area (Å²) in [5.74, 6) is -2.08. The molecule has 0 radical (unpaired) electrons. The Labute approximate surface area is 446 Å². The molecular weight excluding hydrogens is 911 g/mol. The summed E-state index contributed by atoms with van der Waals surface area (Å²) < 4.78 is 22.8. The zero-order chi connectivity index (χ0) is 53.4. The maximum atomic E-state index is 12.9. The van der Waals surface area contributed by atoms with Gasteiger partial charge in [-0.05, 0) is 109 Å². The quantitative estimate of drug-likeness (QED) is 0.0211. The minimum atomic E-state index is -1.53. The van der Waals surface area contributed by atoms with Crippen LogP contribution in [0.15, 0.2) is 134 Å². The van der Waals surface area contributed by atoms with Crippen molar-refractivity contribution in [2.24, 2.45) is 0 Å². The second kappa shape index (κ2) is 53.7. The molecule has 9 heteroatoms.